The number of amides is 1. The van der Waals surface area contributed by atoms with E-state index in [2.05, 4.69) is 20.9 Å². The molecule has 3 heterocycles. The summed E-state index contributed by atoms with van der Waals surface area (Å²) < 4.78 is 33.8. The molecule has 1 amide bonds. The molecule has 0 N–H and O–H groups in total. The van der Waals surface area contributed by atoms with E-state index in [-0.39, 0.29) is 12.8 Å². The molecule has 1 atom stereocenters. The summed E-state index contributed by atoms with van der Waals surface area (Å²) in [4.78, 5) is 25.2. The highest BCUT2D eigenvalue weighted by molar-refractivity contribution is 5.91. The number of ether oxygens (including phenoxy) is 1. The van der Waals surface area contributed by atoms with Crippen LogP contribution in [0.15, 0.2) is 18.5 Å². The number of nitrogens with zero attached hydrogens (tertiary/aromatic N) is 5. The number of carbonyl (C=O) groups is 1. The highest BCUT2D eigenvalue weighted by Gasteiger charge is 2.51. The van der Waals surface area contributed by atoms with Gasteiger partial charge in [-0.3, -0.25) is 4.98 Å². The van der Waals surface area contributed by atoms with Crippen LogP contribution in [0.4, 0.5) is 19.3 Å². The molecule has 0 spiro atoms. The van der Waals surface area contributed by atoms with Gasteiger partial charge in [-0.15, -0.1) is 0 Å². The maximum absolute atomic E-state index is 13.4. The first-order valence-corrected chi connectivity index (χ1v) is 10.6. The van der Waals surface area contributed by atoms with Crippen LogP contribution in [0.1, 0.15) is 35.6 Å². The van der Waals surface area contributed by atoms with Crippen molar-refractivity contribution >= 4 is 23.4 Å². The van der Waals surface area contributed by atoms with Gasteiger partial charge in [0.25, 0.3) is 5.92 Å². The molecule has 5 rings (SSSR count). The number of aromatic nitrogens is 3. The molecule has 0 bridgehead atoms. The summed E-state index contributed by atoms with van der Waals surface area (Å²) in [5.74, 6) is -1.92. The number of hydrogen-bond donors (Lipinski definition) is 0. The molecule has 9 heteroatoms. The first kappa shape index (κ1) is 20.0. The van der Waals surface area contributed by atoms with Crippen LogP contribution in [0.5, 0.6) is 0 Å². The van der Waals surface area contributed by atoms with Gasteiger partial charge < -0.3 is 19.1 Å². The lowest BCUT2D eigenvalue weighted by atomic mass is 9.91. The van der Waals surface area contributed by atoms with Crippen LogP contribution in [-0.4, -0.2) is 63.7 Å². The minimum Gasteiger partial charge on any atom is -0.440 e. The van der Waals surface area contributed by atoms with Crippen molar-refractivity contribution in [2.75, 3.05) is 31.1 Å². The van der Waals surface area contributed by atoms with E-state index in [4.69, 9.17) is 4.74 Å². The molecule has 3 aliphatic rings. The molecule has 0 unspecified atom stereocenters. The monoisotopic (exact) mass is 429 g/mol. The number of rotatable bonds is 3. The maximum atomic E-state index is 13.4. The standard InChI is InChI=1S/C22H25F2N5O2/c1-14-26-18(13-27(14)2)15-11-16-17(12-15)25-6-4-19(16)28-7-9-29(10-8-28)21(30)31-20-3-5-22(20,23)24/h4,6,11,13,20H,3,5,7-10,12H2,1-2H3/t20-/m0/s1. The van der Waals surface area contributed by atoms with E-state index in [9.17, 15) is 13.6 Å². The van der Waals surface area contributed by atoms with Crippen molar-refractivity contribution in [2.45, 2.75) is 38.2 Å². The lowest BCUT2D eigenvalue weighted by molar-refractivity contribution is -0.179. The number of aryl methyl sites for hydroxylation is 2. The van der Waals surface area contributed by atoms with Gasteiger partial charge in [-0.25, -0.2) is 18.6 Å². The lowest BCUT2D eigenvalue weighted by Crippen LogP contribution is -2.53. The molecule has 0 radical (unpaired) electrons. The van der Waals surface area contributed by atoms with E-state index >= 15 is 0 Å². The maximum Gasteiger partial charge on any atom is 0.410 e. The quantitative estimate of drug-likeness (QED) is 0.749. The highest BCUT2D eigenvalue weighted by Crippen LogP contribution is 2.40. The van der Waals surface area contributed by atoms with E-state index < -0.39 is 18.1 Å². The van der Waals surface area contributed by atoms with Gasteiger partial charge in [-0.1, -0.05) is 0 Å². The van der Waals surface area contributed by atoms with Gasteiger partial charge in [-0.2, -0.15) is 0 Å². The van der Waals surface area contributed by atoms with Crippen molar-refractivity contribution in [3.63, 3.8) is 0 Å². The fourth-order valence-corrected chi connectivity index (χ4v) is 4.31. The number of allylic oxidation sites excluding steroid dienone is 1. The van der Waals surface area contributed by atoms with Gasteiger partial charge in [0.2, 0.25) is 0 Å². The van der Waals surface area contributed by atoms with Crippen molar-refractivity contribution in [1.82, 2.24) is 19.4 Å². The summed E-state index contributed by atoms with van der Waals surface area (Å²) >= 11 is 0. The topological polar surface area (TPSA) is 63.5 Å². The average molecular weight is 429 g/mol. The third-order valence-electron chi connectivity index (χ3n) is 6.50. The smallest absolute Gasteiger partial charge is 0.410 e. The van der Waals surface area contributed by atoms with Crippen molar-refractivity contribution in [1.29, 1.82) is 0 Å². The summed E-state index contributed by atoms with van der Waals surface area (Å²) in [5, 5.41) is 0. The Kier molecular flexibility index (Phi) is 4.71. The number of pyridine rings is 1. The third kappa shape index (κ3) is 3.55. The fourth-order valence-electron chi connectivity index (χ4n) is 4.31. The van der Waals surface area contributed by atoms with Crippen molar-refractivity contribution < 1.29 is 18.3 Å². The first-order chi connectivity index (χ1) is 14.8. The number of anilines is 1. The summed E-state index contributed by atoms with van der Waals surface area (Å²) in [6.07, 6.45) is 4.83. The Morgan fingerprint density at radius 3 is 2.65 bits per heavy atom. The average Bonchev–Trinajstić information content (AvgIpc) is 3.34. The molecular weight excluding hydrogens is 404 g/mol. The van der Waals surface area contributed by atoms with Crippen LogP contribution in [0.25, 0.3) is 11.6 Å². The number of alkyl halides is 2. The summed E-state index contributed by atoms with van der Waals surface area (Å²) in [6, 6.07) is 1.99. The number of carbonyl (C=O) groups excluding carboxylic acids is 1. The van der Waals surface area contributed by atoms with Gasteiger partial charge in [-0.05, 0) is 31.1 Å². The van der Waals surface area contributed by atoms with Gasteiger partial charge >= 0.3 is 6.09 Å². The van der Waals surface area contributed by atoms with Crippen molar-refractivity contribution in [2.24, 2.45) is 7.05 Å². The second-order valence-electron chi connectivity index (χ2n) is 8.47. The predicted molar refractivity (Wildman–Crippen MR) is 112 cm³/mol. The van der Waals surface area contributed by atoms with E-state index in [1.807, 2.05) is 37.0 Å². The van der Waals surface area contributed by atoms with Crippen LogP contribution in [0.3, 0.4) is 0 Å². The van der Waals surface area contributed by atoms with Crippen molar-refractivity contribution in [3.05, 3.63) is 41.2 Å². The van der Waals surface area contributed by atoms with Crippen LogP contribution in [-0.2, 0) is 18.2 Å². The Bertz CT molecular complexity index is 1040. The van der Waals surface area contributed by atoms with Crippen LogP contribution in [0.2, 0.25) is 0 Å². The Morgan fingerprint density at radius 1 is 1.26 bits per heavy atom. The summed E-state index contributed by atoms with van der Waals surface area (Å²) in [6.45, 7) is 4.07. The summed E-state index contributed by atoms with van der Waals surface area (Å²) in [7, 11) is 1.98. The fraction of sp³-hybridized carbons (Fsp3) is 0.500. The SMILES string of the molecule is Cc1nc(C2=Cc3c(N4CCN(C(=O)O[C@H]5CCC5(F)F)CC4)ccnc3C2)cn1C. The molecule has 2 aromatic rings. The van der Waals surface area contributed by atoms with E-state index in [1.165, 1.54) is 4.90 Å². The molecule has 164 valence electrons. The second kappa shape index (κ2) is 7.32. The Labute approximate surface area is 179 Å². The lowest BCUT2D eigenvalue weighted by Gasteiger charge is -2.39. The molecule has 1 saturated heterocycles. The Morgan fingerprint density at radius 2 is 2.03 bits per heavy atom. The Balaban J connectivity index is 1.27. The van der Waals surface area contributed by atoms with E-state index in [0.29, 0.717) is 26.2 Å². The number of hydrogen-bond acceptors (Lipinski definition) is 5. The third-order valence-corrected chi connectivity index (χ3v) is 6.50. The van der Waals surface area contributed by atoms with Crippen LogP contribution >= 0.6 is 0 Å². The van der Waals surface area contributed by atoms with Gasteiger partial charge in [0.15, 0.2) is 6.10 Å². The van der Waals surface area contributed by atoms with Gasteiger partial charge in [0.05, 0.1) is 11.4 Å². The van der Waals surface area contributed by atoms with Crippen molar-refractivity contribution in [3.8, 4) is 0 Å². The zero-order valence-corrected chi connectivity index (χ0v) is 17.6. The van der Waals surface area contributed by atoms with Crippen LogP contribution < -0.4 is 4.90 Å². The van der Waals surface area contributed by atoms with Crippen LogP contribution in [0, 0.1) is 6.92 Å². The molecule has 0 aromatic carbocycles. The number of piperazine rings is 1. The molecule has 7 nitrogen and oxygen atoms in total. The first-order valence-electron chi connectivity index (χ1n) is 10.6. The minimum atomic E-state index is -2.88. The number of fused-ring (bicyclic) bond motifs is 1. The molecule has 1 saturated carbocycles. The molecule has 2 aliphatic carbocycles. The molecular formula is C22H25F2N5O2. The molecule has 2 fully saturated rings. The number of halogens is 2. The number of imidazole rings is 1. The highest BCUT2D eigenvalue weighted by atomic mass is 19.3. The zero-order chi connectivity index (χ0) is 21.8. The zero-order valence-electron chi connectivity index (χ0n) is 17.6. The van der Waals surface area contributed by atoms with Gasteiger partial charge in [0.1, 0.15) is 5.82 Å². The normalized spacial score (nSPS) is 22.1. The van der Waals surface area contributed by atoms with E-state index in [0.717, 1.165) is 40.5 Å². The largest absolute Gasteiger partial charge is 0.440 e. The van der Waals surface area contributed by atoms with E-state index in [1.54, 1.807) is 0 Å². The molecule has 2 aromatic heterocycles. The molecule has 31 heavy (non-hydrogen) atoms. The summed E-state index contributed by atoms with van der Waals surface area (Å²) in [5.41, 5.74) is 5.29. The second-order valence-corrected chi connectivity index (χ2v) is 8.47. The predicted octanol–water partition coefficient (Wildman–Crippen LogP) is 3.28. The van der Waals surface area contributed by atoms with Gasteiger partial charge in [0, 0.05) is 69.7 Å². The minimum absolute atomic E-state index is 0.209. The molecule has 1 aliphatic heterocycles. The Hall–Kier alpha value is -2.97.